The van der Waals surface area contributed by atoms with Gasteiger partial charge in [0.05, 0.1) is 0 Å². The standard InChI is InChI=1S/C7H11F3N4O2/c1-2-3-4-12-6(7(8,9)10)13(5-11-12)14(15)16/h5-6H,2-4H2,1H3. The van der Waals surface area contributed by atoms with Gasteiger partial charge >= 0.3 is 6.18 Å². The van der Waals surface area contributed by atoms with Crippen LogP contribution in [-0.4, -0.2) is 40.3 Å². The first-order valence-electron chi connectivity index (χ1n) is 4.68. The Balaban J connectivity index is 2.80. The molecule has 0 radical (unpaired) electrons. The summed E-state index contributed by atoms with van der Waals surface area (Å²) in [6.45, 7) is 1.86. The first-order valence-corrected chi connectivity index (χ1v) is 4.68. The zero-order valence-electron chi connectivity index (χ0n) is 8.52. The molecule has 0 spiro atoms. The second-order valence-electron chi connectivity index (χ2n) is 3.28. The lowest BCUT2D eigenvalue weighted by molar-refractivity contribution is -0.646. The lowest BCUT2D eigenvalue weighted by Gasteiger charge is -2.26. The molecule has 0 aromatic carbocycles. The zero-order chi connectivity index (χ0) is 12.3. The van der Waals surface area contributed by atoms with E-state index in [9.17, 15) is 23.3 Å². The van der Waals surface area contributed by atoms with Crippen LogP contribution in [0.15, 0.2) is 5.10 Å². The molecule has 16 heavy (non-hydrogen) atoms. The smallest absolute Gasteiger partial charge is 0.259 e. The number of rotatable bonds is 4. The van der Waals surface area contributed by atoms with Gasteiger partial charge in [-0.1, -0.05) is 13.3 Å². The van der Waals surface area contributed by atoms with Crippen LogP contribution in [0.25, 0.3) is 0 Å². The molecule has 1 aliphatic heterocycles. The first kappa shape index (κ1) is 12.5. The van der Waals surface area contributed by atoms with E-state index in [2.05, 4.69) is 5.10 Å². The van der Waals surface area contributed by atoms with E-state index >= 15 is 0 Å². The molecular weight excluding hydrogens is 229 g/mol. The molecule has 1 unspecified atom stereocenters. The number of nitro groups is 1. The van der Waals surface area contributed by atoms with Crippen molar-refractivity contribution in [1.29, 1.82) is 0 Å². The predicted molar refractivity (Wildman–Crippen MR) is 48.8 cm³/mol. The molecule has 9 heteroatoms. The third-order valence-corrected chi connectivity index (χ3v) is 2.07. The van der Waals surface area contributed by atoms with Crippen molar-refractivity contribution in [2.24, 2.45) is 5.10 Å². The van der Waals surface area contributed by atoms with E-state index in [0.717, 1.165) is 0 Å². The molecule has 0 saturated carbocycles. The van der Waals surface area contributed by atoms with Gasteiger partial charge in [-0.2, -0.15) is 18.3 Å². The molecule has 1 heterocycles. The maximum Gasteiger partial charge on any atom is 0.435 e. The maximum absolute atomic E-state index is 12.6. The maximum atomic E-state index is 12.6. The van der Waals surface area contributed by atoms with Gasteiger partial charge in [-0.05, 0) is 11.4 Å². The molecule has 92 valence electrons. The summed E-state index contributed by atoms with van der Waals surface area (Å²) in [4.78, 5) is 10.4. The molecule has 0 aromatic rings. The third kappa shape index (κ3) is 2.52. The molecule has 0 amide bonds. The van der Waals surface area contributed by atoms with Crippen LogP contribution in [0.2, 0.25) is 0 Å². The van der Waals surface area contributed by atoms with Gasteiger partial charge in [0.2, 0.25) is 0 Å². The van der Waals surface area contributed by atoms with Crippen LogP contribution < -0.4 is 0 Å². The van der Waals surface area contributed by atoms with Crippen LogP contribution in [0.3, 0.4) is 0 Å². The molecule has 0 bridgehead atoms. The molecule has 1 rings (SSSR count). The minimum absolute atomic E-state index is 0.0321. The largest absolute Gasteiger partial charge is 0.435 e. The summed E-state index contributed by atoms with van der Waals surface area (Å²) >= 11 is 0. The van der Waals surface area contributed by atoms with Crippen molar-refractivity contribution >= 4 is 6.34 Å². The van der Waals surface area contributed by atoms with Gasteiger partial charge < -0.3 is 0 Å². The van der Waals surface area contributed by atoms with Crippen molar-refractivity contribution in [2.75, 3.05) is 6.54 Å². The highest BCUT2D eigenvalue weighted by atomic mass is 19.4. The van der Waals surface area contributed by atoms with Gasteiger partial charge in [0.1, 0.15) is 0 Å². The lowest BCUT2D eigenvalue weighted by Crippen LogP contribution is -2.52. The quantitative estimate of drug-likeness (QED) is 0.550. The van der Waals surface area contributed by atoms with Crippen LogP contribution in [0.1, 0.15) is 19.8 Å². The molecule has 6 nitrogen and oxygen atoms in total. The minimum Gasteiger partial charge on any atom is -0.259 e. The van der Waals surface area contributed by atoms with E-state index < -0.39 is 17.4 Å². The fourth-order valence-electron chi connectivity index (χ4n) is 1.33. The molecule has 0 fully saturated rings. The Morgan fingerprint density at radius 3 is 2.62 bits per heavy atom. The van der Waals surface area contributed by atoms with Crippen molar-refractivity contribution in [2.45, 2.75) is 32.1 Å². The summed E-state index contributed by atoms with van der Waals surface area (Å²) in [5.41, 5.74) is 0. The van der Waals surface area contributed by atoms with Gasteiger partial charge in [-0.25, -0.2) is 10.1 Å². The van der Waals surface area contributed by atoms with Crippen molar-refractivity contribution in [3.63, 3.8) is 0 Å². The Kier molecular flexibility index (Phi) is 3.55. The van der Waals surface area contributed by atoms with Gasteiger partial charge in [0.15, 0.2) is 11.4 Å². The van der Waals surface area contributed by atoms with Crippen molar-refractivity contribution in [3.05, 3.63) is 10.1 Å². The monoisotopic (exact) mass is 240 g/mol. The molecule has 1 atom stereocenters. The number of alkyl halides is 3. The summed E-state index contributed by atoms with van der Waals surface area (Å²) in [5.74, 6) is 0. The normalized spacial score (nSPS) is 20.6. The van der Waals surface area contributed by atoms with Crippen LogP contribution in [0.4, 0.5) is 13.2 Å². The number of hydrogen-bond donors (Lipinski definition) is 0. The highest BCUT2D eigenvalue weighted by Crippen LogP contribution is 2.30. The fraction of sp³-hybridized carbons (Fsp3) is 0.857. The van der Waals surface area contributed by atoms with E-state index in [4.69, 9.17) is 0 Å². The van der Waals surface area contributed by atoms with Crippen LogP contribution in [0, 0.1) is 10.1 Å². The first-order chi connectivity index (χ1) is 7.38. The van der Waals surface area contributed by atoms with E-state index in [0.29, 0.717) is 24.2 Å². The Hall–Kier alpha value is -1.54. The zero-order valence-corrected chi connectivity index (χ0v) is 8.52. The molecule has 0 N–H and O–H groups in total. The molecule has 1 aliphatic rings. The van der Waals surface area contributed by atoms with Crippen molar-refractivity contribution < 1.29 is 18.2 Å². The van der Waals surface area contributed by atoms with Crippen molar-refractivity contribution in [3.8, 4) is 0 Å². The van der Waals surface area contributed by atoms with E-state index in [1.54, 1.807) is 0 Å². The SMILES string of the molecule is CCCCN1N=CN([N+](=O)[O-])C1C(F)(F)F. The van der Waals surface area contributed by atoms with Crippen molar-refractivity contribution in [1.82, 2.24) is 10.0 Å². The molecule has 0 aliphatic carbocycles. The highest BCUT2D eigenvalue weighted by molar-refractivity contribution is 5.55. The Labute approximate surface area is 89.4 Å². The topological polar surface area (TPSA) is 62.0 Å². The van der Waals surface area contributed by atoms with Crippen LogP contribution in [-0.2, 0) is 0 Å². The fourth-order valence-corrected chi connectivity index (χ4v) is 1.33. The lowest BCUT2D eigenvalue weighted by atomic mass is 10.3. The Bertz CT molecular complexity index is 294. The van der Waals surface area contributed by atoms with Gasteiger partial charge in [0.25, 0.3) is 6.17 Å². The third-order valence-electron chi connectivity index (χ3n) is 2.07. The van der Waals surface area contributed by atoms with Crippen LogP contribution >= 0.6 is 0 Å². The summed E-state index contributed by atoms with van der Waals surface area (Å²) in [6.07, 6.45) is -5.23. The molecule has 0 aromatic heterocycles. The minimum atomic E-state index is -4.71. The number of hydrazine groups is 1. The van der Waals surface area contributed by atoms with Gasteiger partial charge in [-0.3, -0.25) is 5.01 Å². The summed E-state index contributed by atoms with van der Waals surface area (Å²) in [7, 11) is 0. The van der Waals surface area contributed by atoms with E-state index in [-0.39, 0.29) is 11.6 Å². The number of hydrogen-bond acceptors (Lipinski definition) is 4. The predicted octanol–water partition coefficient (Wildman–Crippen LogP) is 1.43. The summed E-state index contributed by atoms with van der Waals surface area (Å²) < 4.78 is 37.7. The summed E-state index contributed by atoms with van der Waals surface area (Å²) in [6, 6.07) is 0. The number of nitrogens with zero attached hydrogens (tertiary/aromatic N) is 4. The molecular formula is C7H11F3N4O2. The average molecular weight is 240 g/mol. The molecule has 0 saturated heterocycles. The highest BCUT2D eigenvalue weighted by Gasteiger charge is 2.54. The second kappa shape index (κ2) is 4.54. The number of unbranched alkanes of at least 4 members (excludes halogenated alkanes) is 1. The Morgan fingerprint density at radius 2 is 2.19 bits per heavy atom. The van der Waals surface area contributed by atoms with Gasteiger partial charge in [0, 0.05) is 6.54 Å². The Morgan fingerprint density at radius 1 is 1.56 bits per heavy atom. The van der Waals surface area contributed by atoms with E-state index in [1.807, 2.05) is 6.92 Å². The average Bonchev–Trinajstić information content (AvgIpc) is 2.57. The number of halogens is 3. The second-order valence-corrected chi connectivity index (χ2v) is 3.28. The van der Waals surface area contributed by atoms with E-state index in [1.165, 1.54) is 0 Å². The number of hydrazone groups is 1. The summed E-state index contributed by atoms with van der Waals surface area (Å²) in [5, 5.41) is 13.3. The van der Waals surface area contributed by atoms with Gasteiger partial charge in [-0.15, -0.1) is 0 Å². The van der Waals surface area contributed by atoms with Crippen LogP contribution in [0.5, 0.6) is 0 Å².